The van der Waals surface area contributed by atoms with E-state index in [1.54, 1.807) is 24.3 Å². The quantitative estimate of drug-likeness (QED) is 0.826. The molecule has 0 saturated carbocycles. The Bertz CT molecular complexity index is 908. The lowest BCUT2D eigenvalue weighted by Crippen LogP contribution is -2.46. The van der Waals surface area contributed by atoms with E-state index in [0.29, 0.717) is 23.8 Å². The maximum absolute atomic E-state index is 12.7. The van der Waals surface area contributed by atoms with E-state index in [1.807, 2.05) is 19.2 Å². The fraction of sp³-hybridized carbons (Fsp3) is 0.316. The molecule has 0 aromatic heterocycles. The molecule has 3 rings (SSSR count). The summed E-state index contributed by atoms with van der Waals surface area (Å²) in [5.74, 6) is -0.210. The number of halogens is 1. The van der Waals surface area contributed by atoms with Gasteiger partial charge in [0.1, 0.15) is 0 Å². The first-order valence-electron chi connectivity index (χ1n) is 8.68. The Morgan fingerprint density at radius 3 is 2.30 bits per heavy atom. The highest BCUT2D eigenvalue weighted by molar-refractivity contribution is 7.89. The Hall–Kier alpha value is -1.93. The summed E-state index contributed by atoms with van der Waals surface area (Å²) in [5, 5.41) is 3.31. The number of carbonyl (C=O) groups excluding carboxylic acids is 1. The Kier molecular flexibility index (Phi) is 6.16. The van der Waals surface area contributed by atoms with Crippen LogP contribution >= 0.6 is 11.6 Å². The number of benzene rings is 2. The van der Waals surface area contributed by atoms with Gasteiger partial charge in [-0.3, -0.25) is 4.79 Å². The number of nitrogens with one attached hydrogen (secondary N) is 1. The summed E-state index contributed by atoms with van der Waals surface area (Å²) < 4.78 is 26.9. The third-order valence-corrected chi connectivity index (χ3v) is 6.83. The van der Waals surface area contributed by atoms with Crippen molar-refractivity contribution in [1.82, 2.24) is 9.21 Å². The molecule has 0 atom stereocenters. The van der Waals surface area contributed by atoms with Crippen LogP contribution in [0, 0.1) is 0 Å². The molecule has 1 aliphatic rings. The minimum atomic E-state index is -3.51. The van der Waals surface area contributed by atoms with Crippen LogP contribution in [0.5, 0.6) is 0 Å². The number of rotatable bonds is 5. The average Bonchev–Trinajstić information content (AvgIpc) is 2.64. The van der Waals surface area contributed by atoms with Gasteiger partial charge in [0.05, 0.1) is 11.3 Å². The maximum Gasteiger partial charge on any atom is 0.243 e. The highest BCUT2D eigenvalue weighted by Gasteiger charge is 2.27. The predicted molar refractivity (Wildman–Crippen MR) is 106 cm³/mol. The van der Waals surface area contributed by atoms with Crippen molar-refractivity contribution >= 4 is 33.2 Å². The van der Waals surface area contributed by atoms with Crippen LogP contribution in [-0.2, 0) is 21.2 Å². The zero-order valence-electron chi connectivity index (χ0n) is 15.1. The van der Waals surface area contributed by atoms with Crippen molar-refractivity contribution in [3.8, 4) is 0 Å². The molecular formula is C19H22ClN3O3S. The van der Waals surface area contributed by atoms with E-state index in [0.717, 1.165) is 18.7 Å². The largest absolute Gasteiger partial charge is 0.326 e. The van der Waals surface area contributed by atoms with Crippen molar-refractivity contribution in [2.75, 3.05) is 38.5 Å². The first kappa shape index (κ1) is 19.8. The number of hydrogen-bond donors (Lipinski definition) is 1. The van der Waals surface area contributed by atoms with Crippen LogP contribution in [0.15, 0.2) is 53.4 Å². The van der Waals surface area contributed by atoms with Crippen LogP contribution in [0.25, 0.3) is 0 Å². The van der Waals surface area contributed by atoms with Gasteiger partial charge >= 0.3 is 0 Å². The van der Waals surface area contributed by atoms with Crippen molar-refractivity contribution in [2.45, 2.75) is 11.3 Å². The Morgan fingerprint density at radius 2 is 1.67 bits per heavy atom. The molecule has 1 N–H and O–H groups in total. The summed E-state index contributed by atoms with van der Waals surface area (Å²) in [4.78, 5) is 14.5. The number of sulfonamides is 1. The highest BCUT2D eigenvalue weighted by Crippen LogP contribution is 2.20. The lowest BCUT2D eigenvalue weighted by atomic mass is 10.1. The summed E-state index contributed by atoms with van der Waals surface area (Å²) in [6.45, 7) is 2.40. The van der Waals surface area contributed by atoms with Crippen molar-refractivity contribution in [3.05, 3.63) is 59.1 Å². The van der Waals surface area contributed by atoms with Gasteiger partial charge in [-0.25, -0.2) is 8.42 Å². The minimum Gasteiger partial charge on any atom is -0.326 e. The highest BCUT2D eigenvalue weighted by atomic mass is 35.5. The average molecular weight is 408 g/mol. The first-order chi connectivity index (χ1) is 12.9. The van der Waals surface area contributed by atoms with Crippen LogP contribution < -0.4 is 5.32 Å². The molecule has 1 heterocycles. The predicted octanol–water partition coefficient (Wildman–Crippen LogP) is 2.46. The van der Waals surface area contributed by atoms with E-state index in [-0.39, 0.29) is 17.2 Å². The molecular weight excluding hydrogens is 386 g/mol. The number of nitrogens with zero attached hydrogens (tertiary/aromatic N) is 2. The van der Waals surface area contributed by atoms with E-state index < -0.39 is 10.0 Å². The SMILES string of the molecule is CN1CCN(S(=O)(=O)c2ccc(NC(=O)Cc3ccccc3Cl)cc2)CC1. The van der Waals surface area contributed by atoms with Gasteiger partial charge in [-0.2, -0.15) is 4.31 Å². The number of likely N-dealkylation sites (N-methyl/N-ethyl adjacent to an activating group) is 1. The zero-order valence-corrected chi connectivity index (χ0v) is 16.6. The Balaban J connectivity index is 1.65. The summed E-state index contributed by atoms with van der Waals surface area (Å²) >= 11 is 6.07. The molecule has 6 nitrogen and oxygen atoms in total. The lowest BCUT2D eigenvalue weighted by molar-refractivity contribution is -0.115. The molecule has 1 aliphatic heterocycles. The van der Waals surface area contributed by atoms with Crippen LogP contribution in [0.2, 0.25) is 5.02 Å². The first-order valence-corrected chi connectivity index (χ1v) is 10.5. The third kappa shape index (κ3) is 4.87. The van der Waals surface area contributed by atoms with Gasteiger partial charge in [0.25, 0.3) is 0 Å². The summed E-state index contributed by atoms with van der Waals surface area (Å²) in [6.07, 6.45) is 0.154. The third-order valence-electron chi connectivity index (χ3n) is 4.55. The molecule has 2 aromatic rings. The molecule has 2 aromatic carbocycles. The van der Waals surface area contributed by atoms with Crippen molar-refractivity contribution in [2.24, 2.45) is 0 Å². The van der Waals surface area contributed by atoms with Crippen LogP contribution in [0.1, 0.15) is 5.56 Å². The van der Waals surface area contributed by atoms with E-state index in [9.17, 15) is 13.2 Å². The van der Waals surface area contributed by atoms with Crippen LogP contribution in [-0.4, -0.2) is 56.8 Å². The molecule has 0 unspecified atom stereocenters. The lowest BCUT2D eigenvalue weighted by Gasteiger charge is -2.31. The van der Waals surface area contributed by atoms with E-state index in [4.69, 9.17) is 11.6 Å². The van der Waals surface area contributed by atoms with Gasteiger partial charge in [-0.05, 0) is 42.9 Å². The second kappa shape index (κ2) is 8.39. The van der Waals surface area contributed by atoms with Gasteiger partial charge < -0.3 is 10.2 Å². The number of hydrogen-bond acceptors (Lipinski definition) is 4. The number of piperazine rings is 1. The van der Waals surface area contributed by atoms with E-state index >= 15 is 0 Å². The fourth-order valence-electron chi connectivity index (χ4n) is 2.91. The molecule has 27 heavy (non-hydrogen) atoms. The molecule has 8 heteroatoms. The Morgan fingerprint density at radius 1 is 1.04 bits per heavy atom. The molecule has 1 fully saturated rings. The zero-order chi connectivity index (χ0) is 19.4. The van der Waals surface area contributed by atoms with E-state index in [2.05, 4.69) is 10.2 Å². The standard InChI is InChI=1S/C19H22ClN3O3S/c1-22-10-12-23(13-11-22)27(25,26)17-8-6-16(7-9-17)21-19(24)14-15-4-2-3-5-18(15)20/h2-9H,10-14H2,1H3,(H,21,24). The van der Waals surface area contributed by atoms with Crippen LogP contribution in [0.4, 0.5) is 5.69 Å². The van der Waals surface area contributed by atoms with Gasteiger partial charge in [-0.15, -0.1) is 0 Å². The second-order valence-corrected chi connectivity index (χ2v) is 8.89. The Labute approximate surface area is 164 Å². The van der Waals surface area contributed by atoms with Crippen molar-refractivity contribution < 1.29 is 13.2 Å². The maximum atomic E-state index is 12.7. The molecule has 1 amide bonds. The summed E-state index contributed by atoms with van der Waals surface area (Å²) in [6, 6.07) is 13.4. The fourth-order valence-corrected chi connectivity index (χ4v) is 4.53. The molecule has 144 valence electrons. The smallest absolute Gasteiger partial charge is 0.243 e. The molecule has 0 aliphatic carbocycles. The number of carbonyl (C=O) groups is 1. The van der Waals surface area contributed by atoms with Crippen molar-refractivity contribution in [3.63, 3.8) is 0 Å². The second-order valence-electron chi connectivity index (χ2n) is 6.55. The normalized spacial score (nSPS) is 16.2. The van der Waals surface area contributed by atoms with Gasteiger partial charge in [0, 0.05) is 36.9 Å². The molecule has 0 spiro atoms. The monoisotopic (exact) mass is 407 g/mol. The van der Waals surface area contributed by atoms with Gasteiger partial charge in [0.2, 0.25) is 15.9 Å². The molecule has 0 bridgehead atoms. The molecule has 1 saturated heterocycles. The van der Waals surface area contributed by atoms with Gasteiger partial charge in [-0.1, -0.05) is 29.8 Å². The topological polar surface area (TPSA) is 69.7 Å². The van der Waals surface area contributed by atoms with E-state index in [1.165, 1.54) is 16.4 Å². The number of amides is 1. The summed E-state index contributed by atoms with van der Waals surface area (Å²) in [7, 11) is -1.53. The van der Waals surface area contributed by atoms with Gasteiger partial charge in [0.15, 0.2) is 0 Å². The number of anilines is 1. The van der Waals surface area contributed by atoms with Crippen LogP contribution in [0.3, 0.4) is 0 Å². The molecule has 0 radical (unpaired) electrons. The summed E-state index contributed by atoms with van der Waals surface area (Å²) in [5.41, 5.74) is 1.29. The van der Waals surface area contributed by atoms with Crippen molar-refractivity contribution in [1.29, 1.82) is 0 Å². The minimum absolute atomic E-state index is 0.154.